The van der Waals surface area contributed by atoms with Crippen LogP contribution in [0.15, 0.2) is 32.9 Å². The van der Waals surface area contributed by atoms with Gasteiger partial charge in [0.25, 0.3) is 0 Å². The summed E-state index contributed by atoms with van der Waals surface area (Å²) in [7, 11) is 1.65. The van der Waals surface area contributed by atoms with Crippen molar-refractivity contribution >= 4 is 40.8 Å². The smallest absolute Gasteiger partial charge is 0.230 e. The van der Waals surface area contributed by atoms with E-state index >= 15 is 0 Å². The number of hydrogen-bond acceptors (Lipinski definition) is 7. The summed E-state index contributed by atoms with van der Waals surface area (Å²) in [6.07, 6.45) is 2.76. The second-order valence-electron chi connectivity index (χ2n) is 4.27. The normalized spacial score (nSPS) is 10.5. The van der Waals surface area contributed by atoms with Crippen molar-refractivity contribution < 1.29 is 9.53 Å². The van der Waals surface area contributed by atoms with Gasteiger partial charge >= 0.3 is 0 Å². The highest BCUT2D eigenvalue weighted by molar-refractivity contribution is 8.03. The van der Waals surface area contributed by atoms with Crippen LogP contribution in [0, 0.1) is 0 Å². The molecule has 118 valence electrons. The third-order valence-electron chi connectivity index (χ3n) is 2.78. The van der Waals surface area contributed by atoms with Gasteiger partial charge in [-0.25, -0.2) is 0 Å². The van der Waals surface area contributed by atoms with Crippen LogP contribution in [0.25, 0.3) is 0 Å². The largest absolute Gasteiger partial charge is 0.497 e. The number of methoxy groups -OCH3 is 1. The molecule has 2 rings (SSSR count). The minimum atomic E-state index is 0.0133. The fraction of sp³-hybridized carbons (Fsp3) is 0.357. The van der Waals surface area contributed by atoms with Gasteiger partial charge in [-0.3, -0.25) is 4.79 Å². The number of hydrogen-bond donors (Lipinski definition) is 1. The Hall–Kier alpha value is -1.25. The van der Waals surface area contributed by atoms with Crippen LogP contribution in [0.4, 0.5) is 0 Å². The molecular formula is C14H17N3O2S3. The van der Waals surface area contributed by atoms with Gasteiger partial charge < -0.3 is 10.1 Å². The molecule has 0 saturated heterocycles. The summed E-state index contributed by atoms with van der Waals surface area (Å²) in [6.45, 7) is 0.623. The average Bonchev–Trinajstić information content (AvgIpc) is 3.02. The van der Waals surface area contributed by atoms with Gasteiger partial charge in [0, 0.05) is 6.54 Å². The summed E-state index contributed by atoms with van der Waals surface area (Å²) in [6, 6.07) is 7.85. The average molecular weight is 356 g/mol. The molecule has 0 aliphatic rings. The van der Waals surface area contributed by atoms with Crippen LogP contribution in [0.2, 0.25) is 0 Å². The van der Waals surface area contributed by atoms with Gasteiger partial charge in [0.2, 0.25) is 5.91 Å². The van der Waals surface area contributed by atoms with E-state index in [0.29, 0.717) is 12.3 Å². The quantitative estimate of drug-likeness (QED) is 0.735. The van der Waals surface area contributed by atoms with Gasteiger partial charge in [-0.1, -0.05) is 47.0 Å². The highest BCUT2D eigenvalue weighted by atomic mass is 32.2. The Morgan fingerprint density at radius 3 is 2.64 bits per heavy atom. The van der Waals surface area contributed by atoms with Gasteiger partial charge in [-0.05, 0) is 30.4 Å². The molecule has 1 heterocycles. The lowest BCUT2D eigenvalue weighted by molar-refractivity contribution is -0.118. The van der Waals surface area contributed by atoms with Gasteiger partial charge in [0.1, 0.15) is 5.75 Å². The van der Waals surface area contributed by atoms with Gasteiger partial charge in [-0.2, -0.15) is 0 Å². The van der Waals surface area contributed by atoms with Crippen LogP contribution >= 0.6 is 34.9 Å². The Morgan fingerprint density at radius 2 is 2.00 bits per heavy atom. The first kappa shape index (κ1) is 17.1. The summed E-state index contributed by atoms with van der Waals surface area (Å²) in [5.74, 6) is 1.22. The maximum atomic E-state index is 11.8. The van der Waals surface area contributed by atoms with Crippen LogP contribution in [0.1, 0.15) is 5.56 Å². The van der Waals surface area contributed by atoms with Crippen molar-refractivity contribution in [3.05, 3.63) is 29.8 Å². The number of rotatable bonds is 8. The van der Waals surface area contributed by atoms with Gasteiger partial charge in [-0.15, -0.1) is 10.2 Å². The fourth-order valence-corrected chi connectivity index (χ4v) is 3.92. The van der Waals surface area contributed by atoms with E-state index in [4.69, 9.17) is 4.74 Å². The Kier molecular flexibility index (Phi) is 7.01. The van der Waals surface area contributed by atoms with Gasteiger partial charge in [0.05, 0.1) is 12.9 Å². The topological polar surface area (TPSA) is 64.1 Å². The van der Waals surface area contributed by atoms with Crippen molar-refractivity contribution in [3.63, 3.8) is 0 Å². The second-order valence-corrected chi connectivity index (χ2v) is 7.53. The molecule has 0 spiro atoms. The summed E-state index contributed by atoms with van der Waals surface area (Å²) in [5, 5.41) is 10.9. The van der Waals surface area contributed by atoms with Crippen LogP contribution in [0.3, 0.4) is 0 Å². The van der Waals surface area contributed by atoms with Crippen molar-refractivity contribution in [3.8, 4) is 5.75 Å². The van der Waals surface area contributed by atoms with Crippen molar-refractivity contribution in [1.82, 2.24) is 15.5 Å². The molecule has 0 saturated carbocycles. The molecule has 22 heavy (non-hydrogen) atoms. The summed E-state index contributed by atoms with van der Waals surface area (Å²) >= 11 is 4.49. The summed E-state index contributed by atoms with van der Waals surface area (Å²) in [5.41, 5.74) is 1.17. The van der Waals surface area contributed by atoms with E-state index in [2.05, 4.69) is 15.5 Å². The molecule has 1 amide bonds. The Balaban J connectivity index is 1.66. The van der Waals surface area contributed by atoms with Crippen LogP contribution in [0.5, 0.6) is 5.75 Å². The predicted octanol–water partition coefficient (Wildman–Crippen LogP) is 2.72. The molecule has 0 atom stereocenters. The molecule has 0 fully saturated rings. The van der Waals surface area contributed by atoms with E-state index in [1.54, 1.807) is 18.9 Å². The number of thioether (sulfide) groups is 2. The lowest BCUT2D eigenvalue weighted by Crippen LogP contribution is -2.27. The van der Waals surface area contributed by atoms with E-state index < -0.39 is 0 Å². The van der Waals surface area contributed by atoms with Gasteiger partial charge in [0.15, 0.2) is 8.68 Å². The SMILES string of the molecule is COc1ccc(CCNC(=O)CSc2nnc(SC)s2)cc1. The van der Waals surface area contributed by atoms with Crippen molar-refractivity contribution in [1.29, 1.82) is 0 Å². The lowest BCUT2D eigenvalue weighted by atomic mass is 10.1. The fourth-order valence-electron chi connectivity index (χ4n) is 1.65. The number of nitrogens with zero attached hydrogens (tertiary/aromatic N) is 2. The van der Waals surface area contributed by atoms with Crippen LogP contribution in [-0.4, -0.2) is 41.8 Å². The molecule has 0 aliphatic carbocycles. The van der Waals surface area contributed by atoms with E-state index in [1.807, 2.05) is 30.5 Å². The highest BCUT2D eigenvalue weighted by Gasteiger charge is 2.07. The number of ether oxygens (including phenoxy) is 1. The zero-order valence-electron chi connectivity index (χ0n) is 12.4. The minimum absolute atomic E-state index is 0.0133. The molecule has 5 nitrogen and oxygen atoms in total. The molecule has 1 aromatic carbocycles. The zero-order chi connectivity index (χ0) is 15.8. The molecule has 0 bridgehead atoms. The van der Waals surface area contributed by atoms with E-state index in [1.165, 1.54) is 28.7 Å². The monoisotopic (exact) mass is 355 g/mol. The Bertz CT molecular complexity index is 602. The number of benzene rings is 1. The number of carbonyl (C=O) groups excluding carboxylic acids is 1. The molecule has 0 aliphatic heterocycles. The number of nitrogens with one attached hydrogen (secondary N) is 1. The number of amides is 1. The maximum Gasteiger partial charge on any atom is 0.230 e. The van der Waals surface area contributed by atoms with Crippen LogP contribution < -0.4 is 10.1 Å². The van der Waals surface area contributed by atoms with E-state index in [0.717, 1.165) is 20.8 Å². The molecule has 1 aromatic heterocycles. The first-order valence-electron chi connectivity index (χ1n) is 6.61. The third kappa shape index (κ3) is 5.51. The zero-order valence-corrected chi connectivity index (χ0v) is 14.8. The number of carbonyl (C=O) groups is 1. The Morgan fingerprint density at radius 1 is 1.27 bits per heavy atom. The second kappa shape index (κ2) is 9.02. The van der Waals surface area contributed by atoms with E-state index in [9.17, 15) is 4.79 Å². The molecule has 2 aromatic rings. The third-order valence-corrected chi connectivity index (χ3v) is 5.82. The predicted molar refractivity (Wildman–Crippen MR) is 92.1 cm³/mol. The standard InChI is InChI=1S/C14H17N3O2S3/c1-19-11-5-3-10(4-6-11)7-8-15-12(18)9-21-14-17-16-13(20-2)22-14/h3-6H,7-9H2,1-2H3,(H,15,18). The first-order chi connectivity index (χ1) is 10.7. The Labute approximate surface area is 142 Å². The maximum absolute atomic E-state index is 11.8. The molecule has 0 unspecified atom stereocenters. The minimum Gasteiger partial charge on any atom is -0.497 e. The van der Waals surface area contributed by atoms with Crippen molar-refractivity contribution in [2.45, 2.75) is 15.1 Å². The summed E-state index contributed by atoms with van der Waals surface area (Å²) in [4.78, 5) is 11.8. The molecular weight excluding hydrogens is 338 g/mol. The van der Waals surface area contributed by atoms with E-state index in [-0.39, 0.29) is 5.91 Å². The molecule has 0 radical (unpaired) electrons. The number of aromatic nitrogens is 2. The van der Waals surface area contributed by atoms with Crippen molar-refractivity contribution in [2.24, 2.45) is 0 Å². The highest BCUT2D eigenvalue weighted by Crippen LogP contribution is 2.26. The lowest BCUT2D eigenvalue weighted by Gasteiger charge is -2.05. The first-order valence-corrected chi connectivity index (χ1v) is 9.64. The van der Waals surface area contributed by atoms with Crippen LogP contribution in [-0.2, 0) is 11.2 Å². The van der Waals surface area contributed by atoms with Crippen molar-refractivity contribution in [2.75, 3.05) is 25.7 Å². The molecule has 1 N–H and O–H groups in total. The summed E-state index contributed by atoms with van der Waals surface area (Å²) < 4.78 is 6.86. The molecule has 8 heteroatoms.